The van der Waals surface area contributed by atoms with Crippen molar-refractivity contribution in [1.29, 1.82) is 0 Å². The Balaban J connectivity index is 2.65. The van der Waals surface area contributed by atoms with E-state index in [9.17, 15) is 27.2 Å². The molecule has 0 spiro atoms. The lowest BCUT2D eigenvalue weighted by Crippen LogP contribution is -2.62. The number of primary amides is 1. The van der Waals surface area contributed by atoms with Crippen LogP contribution in [0.4, 0.5) is 17.6 Å². The minimum absolute atomic E-state index is 0.0506. The van der Waals surface area contributed by atoms with E-state index in [4.69, 9.17) is 5.73 Å². The lowest BCUT2D eigenvalue weighted by Gasteiger charge is -2.37. The first-order valence-electron chi connectivity index (χ1n) is 9.64. The Hall–Kier alpha value is -2.12. The Labute approximate surface area is 186 Å². The monoisotopic (exact) mass is 505 g/mol. The largest absolute Gasteiger partial charge is 0.422 e. The van der Waals surface area contributed by atoms with E-state index in [-0.39, 0.29) is 24.8 Å². The van der Waals surface area contributed by atoms with E-state index in [1.807, 2.05) is 0 Å². The van der Waals surface area contributed by atoms with Crippen LogP contribution in [0.25, 0.3) is 0 Å². The van der Waals surface area contributed by atoms with Gasteiger partial charge in [0, 0.05) is 17.3 Å². The maximum atomic E-state index is 14.5. The summed E-state index contributed by atoms with van der Waals surface area (Å²) in [7, 11) is 0. The van der Waals surface area contributed by atoms with Crippen molar-refractivity contribution in [2.75, 3.05) is 0 Å². The fourth-order valence-electron chi connectivity index (χ4n) is 3.31. The molecule has 0 bridgehead atoms. The predicted molar refractivity (Wildman–Crippen MR) is 111 cm³/mol. The fourth-order valence-corrected chi connectivity index (χ4v) is 3.58. The maximum Gasteiger partial charge on any atom is 0.422 e. The normalized spacial score (nSPS) is 25.6. The topological polar surface area (TPSA) is 84.2 Å². The smallest absolute Gasteiger partial charge is 0.368 e. The number of nitrogens with one attached hydrogen (secondary N) is 2. The number of hydrogen-bond acceptors (Lipinski definition) is 3. The van der Waals surface area contributed by atoms with Gasteiger partial charge in [0.15, 0.2) is 0 Å². The number of rotatable bonds is 4. The Morgan fingerprint density at radius 1 is 1.26 bits per heavy atom. The van der Waals surface area contributed by atoms with Crippen molar-refractivity contribution in [3.8, 4) is 11.8 Å². The number of alkyl halides is 4. The van der Waals surface area contributed by atoms with Gasteiger partial charge in [-0.1, -0.05) is 34.0 Å². The van der Waals surface area contributed by atoms with Gasteiger partial charge in [0.2, 0.25) is 17.4 Å². The summed E-state index contributed by atoms with van der Waals surface area (Å²) in [5.41, 5.74) is 0.164. The Bertz CT molecular complexity index is 872. The molecular weight excluding hydrogens is 482 g/mol. The zero-order valence-corrected chi connectivity index (χ0v) is 18.7. The van der Waals surface area contributed by atoms with Crippen LogP contribution in [0.3, 0.4) is 0 Å². The molecule has 31 heavy (non-hydrogen) atoms. The first-order chi connectivity index (χ1) is 14.2. The van der Waals surface area contributed by atoms with Gasteiger partial charge in [0.05, 0.1) is 6.04 Å². The Kier molecular flexibility index (Phi) is 7.76. The molecule has 1 aliphatic rings. The molecule has 1 aromatic carbocycles. The summed E-state index contributed by atoms with van der Waals surface area (Å²) in [5, 5.41) is 4.65. The molecule has 2 rings (SSSR count). The standard InChI is InChI=1S/C21H24BrF4N3O2/c1-19(2,23)12-16-18(31)28-15(17(27)30)6-4-3-5-11-20(29-16,21(24,25)26)13-7-9-14(22)10-8-13/h7-10,15-16,29H,3-4,6,12H2,1-2H3,(H2,27,30)(H,28,31)/t15?,16-,20-/m0/s1. The molecule has 170 valence electrons. The summed E-state index contributed by atoms with van der Waals surface area (Å²) >= 11 is 3.18. The first kappa shape index (κ1) is 25.1. The van der Waals surface area contributed by atoms with Crippen LogP contribution in [0.1, 0.15) is 45.1 Å². The molecule has 0 radical (unpaired) electrons. The molecule has 1 unspecified atom stereocenters. The maximum absolute atomic E-state index is 14.5. The molecule has 1 heterocycles. The molecule has 4 N–H and O–H groups in total. The fraction of sp³-hybridized carbons (Fsp3) is 0.524. The second-order valence-electron chi connectivity index (χ2n) is 8.03. The van der Waals surface area contributed by atoms with Crippen molar-refractivity contribution >= 4 is 27.7 Å². The zero-order valence-electron chi connectivity index (χ0n) is 17.1. The van der Waals surface area contributed by atoms with Gasteiger partial charge in [-0.05, 0) is 44.4 Å². The second-order valence-corrected chi connectivity index (χ2v) is 8.95. The van der Waals surface area contributed by atoms with Gasteiger partial charge < -0.3 is 11.1 Å². The molecule has 1 aromatic rings. The van der Waals surface area contributed by atoms with E-state index in [1.165, 1.54) is 24.3 Å². The summed E-state index contributed by atoms with van der Waals surface area (Å²) < 4.78 is 58.5. The average molecular weight is 506 g/mol. The number of carbonyl (C=O) groups excluding carboxylic acids is 2. The number of benzene rings is 1. The number of amides is 2. The third-order valence-electron chi connectivity index (χ3n) is 4.83. The lowest BCUT2D eigenvalue weighted by atomic mass is 9.86. The van der Waals surface area contributed by atoms with Gasteiger partial charge in [-0.15, -0.1) is 5.92 Å². The molecule has 5 nitrogen and oxygen atoms in total. The lowest BCUT2D eigenvalue weighted by molar-refractivity contribution is -0.185. The van der Waals surface area contributed by atoms with Crippen molar-refractivity contribution in [3.05, 3.63) is 34.3 Å². The summed E-state index contributed by atoms with van der Waals surface area (Å²) in [6.07, 6.45) is -5.12. The third-order valence-corrected chi connectivity index (χ3v) is 5.36. The van der Waals surface area contributed by atoms with Crippen LogP contribution in [0.5, 0.6) is 0 Å². The van der Waals surface area contributed by atoms with Crippen LogP contribution in [-0.2, 0) is 15.1 Å². The highest BCUT2D eigenvalue weighted by Gasteiger charge is 2.57. The predicted octanol–water partition coefficient (Wildman–Crippen LogP) is 3.46. The SMILES string of the molecule is CC(C)(F)C[C@@H]1N[C@@](c2ccc(Br)cc2)(C(F)(F)F)C#CCCCC(C(N)=O)NC1=O. The van der Waals surface area contributed by atoms with Gasteiger partial charge in [-0.2, -0.15) is 13.2 Å². The molecule has 2 amide bonds. The van der Waals surface area contributed by atoms with Crippen LogP contribution in [0, 0.1) is 11.8 Å². The van der Waals surface area contributed by atoms with E-state index in [2.05, 4.69) is 38.4 Å². The molecule has 0 aliphatic carbocycles. The van der Waals surface area contributed by atoms with Gasteiger partial charge in [0.1, 0.15) is 11.7 Å². The number of nitrogens with two attached hydrogens (primary N) is 1. The number of hydrogen-bond donors (Lipinski definition) is 3. The van der Waals surface area contributed by atoms with E-state index in [1.54, 1.807) is 0 Å². The van der Waals surface area contributed by atoms with Crippen molar-refractivity contribution in [3.63, 3.8) is 0 Å². The molecule has 0 fully saturated rings. The highest BCUT2D eigenvalue weighted by atomic mass is 79.9. The zero-order chi connectivity index (χ0) is 23.4. The Morgan fingerprint density at radius 2 is 1.87 bits per heavy atom. The summed E-state index contributed by atoms with van der Waals surface area (Å²) in [6.45, 7) is 2.30. The molecular formula is C21H24BrF4N3O2. The van der Waals surface area contributed by atoms with Gasteiger partial charge in [-0.3, -0.25) is 14.9 Å². The summed E-state index contributed by atoms with van der Waals surface area (Å²) in [6, 6.07) is 2.59. The average Bonchev–Trinajstić information content (AvgIpc) is 2.65. The van der Waals surface area contributed by atoms with Crippen LogP contribution in [0.2, 0.25) is 0 Å². The van der Waals surface area contributed by atoms with Gasteiger partial charge in [0.25, 0.3) is 0 Å². The van der Waals surface area contributed by atoms with Crippen molar-refractivity contribution in [2.24, 2.45) is 5.73 Å². The quantitative estimate of drug-likeness (QED) is 0.432. The van der Waals surface area contributed by atoms with Crippen LogP contribution in [0.15, 0.2) is 28.7 Å². The van der Waals surface area contributed by atoms with Crippen molar-refractivity contribution in [1.82, 2.24) is 10.6 Å². The summed E-state index contributed by atoms with van der Waals surface area (Å²) in [5.74, 6) is 3.01. The first-order valence-corrected chi connectivity index (χ1v) is 10.4. The second kappa shape index (κ2) is 9.57. The van der Waals surface area contributed by atoms with E-state index >= 15 is 0 Å². The van der Waals surface area contributed by atoms with Gasteiger partial charge >= 0.3 is 6.18 Å². The van der Waals surface area contributed by atoms with Crippen LogP contribution in [-0.4, -0.2) is 35.7 Å². The Morgan fingerprint density at radius 3 is 2.39 bits per heavy atom. The van der Waals surface area contributed by atoms with Crippen molar-refractivity contribution < 1.29 is 27.2 Å². The molecule has 0 aromatic heterocycles. The molecule has 0 saturated carbocycles. The molecule has 1 aliphatic heterocycles. The van der Waals surface area contributed by atoms with Gasteiger partial charge in [-0.25, -0.2) is 4.39 Å². The van der Waals surface area contributed by atoms with E-state index in [0.29, 0.717) is 4.47 Å². The van der Waals surface area contributed by atoms with Crippen molar-refractivity contribution in [2.45, 2.75) is 69.0 Å². The van der Waals surface area contributed by atoms with E-state index in [0.717, 1.165) is 13.8 Å². The highest BCUT2D eigenvalue weighted by Crippen LogP contribution is 2.40. The highest BCUT2D eigenvalue weighted by molar-refractivity contribution is 9.10. The third kappa shape index (κ3) is 6.43. The van der Waals surface area contributed by atoms with Crippen LogP contribution < -0.4 is 16.4 Å². The number of halogens is 5. The van der Waals surface area contributed by atoms with Crippen LogP contribution >= 0.6 is 15.9 Å². The molecule has 3 atom stereocenters. The minimum atomic E-state index is -4.94. The molecule has 10 heteroatoms. The number of carbonyl (C=O) groups is 2. The van der Waals surface area contributed by atoms with E-state index < -0.39 is 47.7 Å². The summed E-state index contributed by atoms with van der Waals surface area (Å²) in [4.78, 5) is 24.5. The molecule has 0 saturated heterocycles. The minimum Gasteiger partial charge on any atom is -0.368 e.